The molecule has 1 unspecified atom stereocenters. The second kappa shape index (κ2) is 6.68. The molecule has 2 atom stereocenters. The van der Waals surface area contributed by atoms with Crippen molar-refractivity contribution in [1.82, 2.24) is 4.90 Å². The Morgan fingerprint density at radius 1 is 1.41 bits per heavy atom. The predicted molar refractivity (Wildman–Crippen MR) is 76.9 cm³/mol. The van der Waals surface area contributed by atoms with Crippen molar-refractivity contribution in [2.24, 2.45) is 5.92 Å². The van der Waals surface area contributed by atoms with Gasteiger partial charge in [-0.05, 0) is 25.0 Å². The predicted octanol–water partition coefficient (Wildman–Crippen LogP) is 2.11. The molecule has 1 aliphatic rings. The zero-order valence-electron chi connectivity index (χ0n) is 12.3. The number of ketones is 1. The first-order valence-electron chi connectivity index (χ1n) is 7.22. The Morgan fingerprint density at radius 3 is 2.77 bits per heavy atom. The summed E-state index contributed by atoms with van der Waals surface area (Å²) in [6.45, 7) is 1.99. The Bertz CT molecular complexity index is 602. The van der Waals surface area contributed by atoms with E-state index < -0.39 is 23.7 Å². The minimum Gasteiger partial charge on any atom is -0.480 e. The minimum atomic E-state index is -1.02. The van der Waals surface area contributed by atoms with Crippen LogP contribution < -0.4 is 0 Å². The number of hydrogen-bond donors (Lipinski definition) is 1. The lowest BCUT2D eigenvalue weighted by Crippen LogP contribution is -2.41. The number of likely N-dealkylation sites (tertiary alicyclic amines) is 1. The van der Waals surface area contributed by atoms with Crippen LogP contribution in [0, 0.1) is 11.7 Å². The molecule has 0 bridgehead atoms. The van der Waals surface area contributed by atoms with Gasteiger partial charge >= 0.3 is 5.97 Å². The molecular formula is C16H18FNO4. The maximum absolute atomic E-state index is 13.1. The number of halogens is 1. The van der Waals surface area contributed by atoms with Crippen LogP contribution in [0.25, 0.3) is 0 Å². The van der Waals surface area contributed by atoms with Crippen LogP contribution in [0.5, 0.6) is 0 Å². The van der Waals surface area contributed by atoms with Gasteiger partial charge in [0.2, 0.25) is 5.91 Å². The summed E-state index contributed by atoms with van der Waals surface area (Å²) in [5.41, 5.74) is 0.219. The van der Waals surface area contributed by atoms with Crippen molar-refractivity contribution in [2.45, 2.75) is 32.2 Å². The second-order valence-corrected chi connectivity index (χ2v) is 5.56. The van der Waals surface area contributed by atoms with Crippen molar-refractivity contribution in [2.75, 3.05) is 6.54 Å². The van der Waals surface area contributed by atoms with Crippen LogP contribution in [-0.2, 0) is 9.59 Å². The van der Waals surface area contributed by atoms with Crippen LogP contribution in [0.1, 0.15) is 36.5 Å². The number of carboxylic acid groups (broad SMARTS) is 1. The first-order valence-corrected chi connectivity index (χ1v) is 7.22. The van der Waals surface area contributed by atoms with E-state index in [4.69, 9.17) is 5.11 Å². The third-order valence-electron chi connectivity index (χ3n) is 3.90. The molecule has 0 aliphatic carbocycles. The van der Waals surface area contributed by atoms with Gasteiger partial charge in [0, 0.05) is 24.4 Å². The number of carbonyl (C=O) groups is 3. The Kier molecular flexibility index (Phi) is 4.90. The topological polar surface area (TPSA) is 74.7 Å². The molecule has 0 radical (unpaired) electrons. The van der Waals surface area contributed by atoms with E-state index in [-0.39, 0.29) is 23.7 Å². The van der Waals surface area contributed by atoms with Gasteiger partial charge in [0.25, 0.3) is 0 Å². The standard InChI is InChI=1S/C16H18FNO4/c1-10(15(20)11-4-2-5-12(17)9-11)8-14(19)18-7-3-6-13(18)16(21)22/h2,4-5,9-10,13H,3,6-8H2,1H3,(H,21,22)/t10?,13-/m0/s1. The Labute approximate surface area is 127 Å². The SMILES string of the molecule is CC(CC(=O)N1CCC[C@H]1C(=O)O)C(=O)c1cccc(F)c1. The fourth-order valence-corrected chi connectivity index (χ4v) is 2.72. The number of Topliss-reactive ketones (excluding diaryl/α,β-unsaturated/α-hetero) is 1. The molecule has 5 nitrogen and oxygen atoms in total. The zero-order chi connectivity index (χ0) is 16.3. The molecule has 0 spiro atoms. The monoisotopic (exact) mass is 307 g/mol. The molecule has 1 heterocycles. The van der Waals surface area contributed by atoms with Crippen molar-refractivity contribution < 1.29 is 23.9 Å². The van der Waals surface area contributed by atoms with Gasteiger partial charge in [-0.15, -0.1) is 0 Å². The van der Waals surface area contributed by atoms with Crippen molar-refractivity contribution in [3.8, 4) is 0 Å². The largest absolute Gasteiger partial charge is 0.480 e. The van der Waals surface area contributed by atoms with Gasteiger partial charge in [-0.2, -0.15) is 0 Å². The van der Waals surface area contributed by atoms with E-state index in [2.05, 4.69) is 0 Å². The number of carboxylic acids is 1. The molecule has 22 heavy (non-hydrogen) atoms. The van der Waals surface area contributed by atoms with E-state index in [1.807, 2.05) is 0 Å². The van der Waals surface area contributed by atoms with Crippen molar-refractivity contribution in [3.63, 3.8) is 0 Å². The minimum absolute atomic E-state index is 0.0703. The first kappa shape index (κ1) is 16.1. The molecule has 1 fully saturated rings. The normalized spacial score (nSPS) is 19.0. The van der Waals surface area contributed by atoms with Crippen molar-refractivity contribution in [3.05, 3.63) is 35.6 Å². The Hall–Kier alpha value is -2.24. The second-order valence-electron chi connectivity index (χ2n) is 5.56. The highest BCUT2D eigenvalue weighted by Crippen LogP contribution is 2.21. The van der Waals surface area contributed by atoms with Crippen LogP contribution >= 0.6 is 0 Å². The van der Waals surface area contributed by atoms with Gasteiger partial charge in [0.05, 0.1) is 0 Å². The molecule has 1 amide bonds. The highest BCUT2D eigenvalue weighted by atomic mass is 19.1. The Balaban J connectivity index is 2.02. The molecule has 1 aromatic rings. The van der Waals surface area contributed by atoms with E-state index in [1.165, 1.54) is 23.1 Å². The molecule has 1 aliphatic heterocycles. The number of aliphatic carboxylic acids is 1. The fraction of sp³-hybridized carbons (Fsp3) is 0.438. The lowest BCUT2D eigenvalue weighted by atomic mass is 9.95. The average molecular weight is 307 g/mol. The smallest absolute Gasteiger partial charge is 0.326 e. The van der Waals surface area contributed by atoms with Crippen molar-refractivity contribution >= 4 is 17.7 Å². The number of benzene rings is 1. The van der Waals surface area contributed by atoms with E-state index >= 15 is 0 Å². The number of hydrogen-bond acceptors (Lipinski definition) is 3. The van der Waals surface area contributed by atoms with E-state index in [0.717, 1.165) is 6.07 Å². The highest BCUT2D eigenvalue weighted by Gasteiger charge is 2.34. The van der Waals surface area contributed by atoms with Gasteiger partial charge in [-0.3, -0.25) is 9.59 Å². The molecule has 0 saturated carbocycles. The number of amides is 1. The van der Waals surface area contributed by atoms with Crippen molar-refractivity contribution in [1.29, 1.82) is 0 Å². The molecule has 1 saturated heterocycles. The maximum Gasteiger partial charge on any atom is 0.326 e. The summed E-state index contributed by atoms with van der Waals surface area (Å²) in [6.07, 6.45) is 1.02. The van der Waals surface area contributed by atoms with Crippen LogP contribution in [0.4, 0.5) is 4.39 Å². The summed E-state index contributed by atoms with van der Waals surface area (Å²) in [4.78, 5) is 36.8. The third-order valence-corrected chi connectivity index (χ3v) is 3.90. The molecule has 1 aromatic carbocycles. The lowest BCUT2D eigenvalue weighted by Gasteiger charge is -2.22. The number of rotatable bonds is 5. The molecule has 118 valence electrons. The molecule has 2 rings (SSSR count). The molecule has 6 heteroatoms. The summed E-state index contributed by atoms with van der Waals surface area (Å²) >= 11 is 0. The number of nitrogens with zero attached hydrogens (tertiary/aromatic N) is 1. The summed E-state index contributed by atoms with van der Waals surface area (Å²) in [5.74, 6) is -2.81. The lowest BCUT2D eigenvalue weighted by molar-refractivity contribution is -0.148. The third kappa shape index (κ3) is 3.50. The van der Waals surface area contributed by atoms with E-state index in [0.29, 0.717) is 19.4 Å². The summed E-state index contributed by atoms with van der Waals surface area (Å²) < 4.78 is 13.1. The zero-order valence-corrected chi connectivity index (χ0v) is 12.3. The van der Waals surface area contributed by atoms with Crippen LogP contribution in [0.3, 0.4) is 0 Å². The number of carbonyl (C=O) groups excluding carboxylic acids is 2. The summed E-state index contributed by atoms with van der Waals surface area (Å²) in [6, 6.07) is 4.53. The maximum atomic E-state index is 13.1. The summed E-state index contributed by atoms with van der Waals surface area (Å²) in [5, 5.41) is 9.08. The van der Waals surface area contributed by atoms with Gasteiger partial charge < -0.3 is 10.0 Å². The van der Waals surface area contributed by atoms with Gasteiger partial charge in [-0.1, -0.05) is 19.1 Å². The summed E-state index contributed by atoms with van der Waals surface area (Å²) in [7, 11) is 0. The fourth-order valence-electron chi connectivity index (χ4n) is 2.72. The van der Waals surface area contributed by atoms with Gasteiger partial charge in [-0.25, -0.2) is 9.18 Å². The van der Waals surface area contributed by atoms with Crippen LogP contribution in [0.15, 0.2) is 24.3 Å². The molecule has 1 N–H and O–H groups in total. The molecule has 0 aromatic heterocycles. The van der Waals surface area contributed by atoms with E-state index in [9.17, 15) is 18.8 Å². The van der Waals surface area contributed by atoms with Crippen LogP contribution in [0.2, 0.25) is 0 Å². The van der Waals surface area contributed by atoms with Gasteiger partial charge in [0.15, 0.2) is 5.78 Å². The molecular weight excluding hydrogens is 289 g/mol. The van der Waals surface area contributed by atoms with Gasteiger partial charge in [0.1, 0.15) is 11.9 Å². The van der Waals surface area contributed by atoms with Crippen LogP contribution in [-0.4, -0.2) is 40.3 Å². The first-order chi connectivity index (χ1) is 10.4. The Morgan fingerprint density at radius 2 is 2.14 bits per heavy atom. The van der Waals surface area contributed by atoms with E-state index in [1.54, 1.807) is 6.92 Å². The average Bonchev–Trinajstić information content (AvgIpc) is 2.96. The quantitative estimate of drug-likeness (QED) is 0.845. The highest BCUT2D eigenvalue weighted by molar-refractivity contribution is 5.99.